The summed E-state index contributed by atoms with van der Waals surface area (Å²) in [4.78, 5) is 0. The van der Waals surface area contributed by atoms with E-state index in [9.17, 15) is 4.39 Å². The molecule has 0 aliphatic heterocycles. The lowest BCUT2D eigenvalue weighted by Crippen LogP contribution is -2.26. The highest BCUT2D eigenvalue weighted by atomic mass is 35.5. The summed E-state index contributed by atoms with van der Waals surface area (Å²) in [6.07, 6.45) is 17.8. The van der Waals surface area contributed by atoms with Crippen molar-refractivity contribution in [3.8, 4) is 5.75 Å². The molecular weight excluding hydrogens is 383 g/mol. The summed E-state index contributed by atoms with van der Waals surface area (Å²) < 4.78 is 19.6. The van der Waals surface area contributed by atoms with Crippen LogP contribution in [0.4, 0.5) is 4.39 Å². The van der Waals surface area contributed by atoms with Gasteiger partial charge in [-0.25, -0.2) is 4.39 Å². The number of rotatable bonds is 9. The van der Waals surface area contributed by atoms with E-state index in [-0.39, 0.29) is 10.8 Å². The molecule has 0 bridgehead atoms. The van der Waals surface area contributed by atoms with Gasteiger partial charge >= 0.3 is 0 Å². The van der Waals surface area contributed by atoms with Crippen molar-refractivity contribution in [2.24, 2.45) is 23.7 Å². The van der Waals surface area contributed by atoms with Gasteiger partial charge < -0.3 is 4.74 Å². The maximum atomic E-state index is 14.3. The first-order valence-electron chi connectivity index (χ1n) is 11.8. The first-order valence-corrected chi connectivity index (χ1v) is 12.2. The van der Waals surface area contributed by atoms with Crippen LogP contribution in [0.5, 0.6) is 5.75 Å². The molecule has 2 aliphatic carbocycles. The molecule has 0 spiro atoms. The van der Waals surface area contributed by atoms with Crippen LogP contribution < -0.4 is 4.74 Å². The summed E-state index contributed by atoms with van der Waals surface area (Å²) in [6.45, 7) is 6.17. The average Bonchev–Trinajstić information content (AvgIpc) is 2.76. The van der Waals surface area contributed by atoms with Gasteiger partial charge in [0, 0.05) is 0 Å². The van der Waals surface area contributed by atoms with Crippen molar-refractivity contribution >= 4 is 11.6 Å². The van der Waals surface area contributed by atoms with Gasteiger partial charge in [-0.15, -0.1) is 6.58 Å². The molecule has 0 saturated heterocycles. The standard InChI is InChI=1S/C26H38ClFO/c1-3-5-6-19-7-12-21(13-8-19)22-14-9-20(10-15-22)11-16-23-17-18-24(29-4-2)26(28)25(23)27/h3,17-22H,1,4-16H2,2H3. The lowest BCUT2D eigenvalue weighted by Gasteiger charge is -2.38. The van der Waals surface area contributed by atoms with Crippen LogP contribution in [0.3, 0.4) is 0 Å². The van der Waals surface area contributed by atoms with Crippen molar-refractivity contribution in [2.75, 3.05) is 6.61 Å². The van der Waals surface area contributed by atoms with Crippen molar-refractivity contribution in [2.45, 2.75) is 84.0 Å². The van der Waals surface area contributed by atoms with E-state index < -0.39 is 5.82 Å². The molecule has 1 nitrogen and oxygen atoms in total. The van der Waals surface area contributed by atoms with Gasteiger partial charge in [0.2, 0.25) is 0 Å². The zero-order valence-corrected chi connectivity index (χ0v) is 18.9. The predicted molar refractivity (Wildman–Crippen MR) is 121 cm³/mol. The predicted octanol–water partition coefficient (Wildman–Crippen LogP) is 8.39. The zero-order valence-electron chi connectivity index (χ0n) is 18.1. The summed E-state index contributed by atoms with van der Waals surface area (Å²) in [7, 11) is 0. The molecule has 0 amide bonds. The number of ether oxygens (including phenoxy) is 1. The van der Waals surface area contributed by atoms with Gasteiger partial charge in [0.15, 0.2) is 11.6 Å². The molecule has 0 aromatic heterocycles. The summed E-state index contributed by atoms with van der Waals surface area (Å²) in [5.74, 6) is 3.48. The highest BCUT2D eigenvalue weighted by molar-refractivity contribution is 6.31. The first-order chi connectivity index (χ1) is 14.1. The lowest BCUT2D eigenvalue weighted by molar-refractivity contribution is 0.141. The topological polar surface area (TPSA) is 9.23 Å². The Balaban J connectivity index is 1.40. The van der Waals surface area contributed by atoms with Crippen molar-refractivity contribution < 1.29 is 9.13 Å². The molecular formula is C26H38ClFO. The SMILES string of the molecule is C=CCCC1CCC(C2CCC(CCc3ccc(OCC)c(F)c3Cl)CC2)CC1. The molecule has 2 saturated carbocycles. The third-order valence-corrected chi connectivity index (χ3v) is 7.89. The van der Waals surface area contributed by atoms with E-state index in [1.165, 1.54) is 64.2 Å². The maximum absolute atomic E-state index is 14.3. The summed E-state index contributed by atoms with van der Waals surface area (Å²) in [5, 5.41) is 0.248. The average molecular weight is 421 g/mol. The van der Waals surface area contributed by atoms with Crippen LogP contribution in [0.25, 0.3) is 0 Å². The molecule has 2 fully saturated rings. The van der Waals surface area contributed by atoms with Crippen LogP contribution in [0, 0.1) is 29.5 Å². The fourth-order valence-corrected chi connectivity index (χ4v) is 5.89. The molecule has 2 aliphatic rings. The van der Waals surface area contributed by atoms with Crippen molar-refractivity contribution in [1.29, 1.82) is 0 Å². The van der Waals surface area contributed by atoms with E-state index in [0.717, 1.165) is 42.1 Å². The molecule has 0 heterocycles. The highest BCUT2D eigenvalue weighted by Gasteiger charge is 2.30. The van der Waals surface area contributed by atoms with Crippen LogP contribution in [0.15, 0.2) is 24.8 Å². The third kappa shape index (κ3) is 6.23. The smallest absolute Gasteiger partial charge is 0.183 e. The number of hydrogen-bond donors (Lipinski definition) is 0. The Hall–Kier alpha value is -1.02. The summed E-state index contributed by atoms with van der Waals surface area (Å²) >= 11 is 6.26. The largest absolute Gasteiger partial charge is 0.491 e. The summed E-state index contributed by atoms with van der Waals surface area (Å²) in [5.41, 5.74) is 0.924. The molecule has 3 rings (SSSR count). The van der Waals surface area contributed by atoms with Gasteiger partial charge in [-0.3, -0.25) is 0 Å². The van der Waals surface area contributed by atoms with Crippen LogP contribution in [0.2, 0.25) is 5.02 Å². The van der Waals surface area contributed by atoms with Crippen LogP contribution in [0.1, 0.15) is 83.1 Å². The second kappa shape index (κ2) is 11.4. The minimum Gasteiger partial charge on any atom is -0.491 e. The van der Waals surface area contributed by atoms with Gasteiger partial charge in [-0.05, 0) is 93.6 Å². The zero-order chi connectivity index (χ0) is 20.6. The molecule has 0 atom stereocenters. The third-order valence-electron chi connectivity index (χ3n) is 7.48. The molecule has 29 heavy (non-hydrogen) atoms. The van der Waals surface area contributed by atoms with Gasteiger partial charge in [0.1, 0.15) is 0 Å². The summed E-state index contributed by atoms with van der Waals surface area (Å²) in [6, 6.07) is 3.66. The highest BCUT2D eigenvalue weighted by Crippen LogP contribution is 2.43. The van der Waals surface area contributed by atoms with E-state index in [1.807, 2.05) is 13.0 Å². The van der Waals surface area contributed by atoms with Crippen LogP contribution in [-0.2, 0) is 6.42 Å². The molecule has 1 aromatic rings. The number of benzene rings is 1. The van der Waals surface area contributed by atoms with Gasteiger partial charge in [0.25, 0.3) is 0 Å². The first kappa shape index (κ1) is 22.7. The van der Waals surface area contributed by atoms with E-state index >= 15 is 0 Å². The monoisotopic (exact) mass is 420 g/mol. The van der Waals surface area contributed by atoms with E-state index in [1.54, 1.807) is 6.07 Å². The number of allylic oxidation sites excluding steroid dienone is 1. The van der Waals surface area contributed by atoms with Crippen LogP contribution in [-0.4, -0.2) is 6.61 Å². The number of aryl methyl sites for hydroxylation is 1. The molecule has 1 aromatic carbocycles. The second-order valence-electron chi connectivity index (χ2n) is 9.25. The molecule has 162 valence electrons. The van der Waals surface area contributed by atoms with Crippen molar-refractivity contribution in [1.82, 2.24) is 0 Å². The Morgan fingerprint density at radius 3 is 2.14 bits per heavy atom. The Bertz CT molecular complexity index is 642. The van der Waals surface area contributed by atoms with Crippen LogP contribution >= 0.6 is 11.6 Å². The number of hydrogen-bond acceptors (Lipinski definition) is 1. The van der Waals surface area contributed by atoms with Gasteiger partial charge in [0.05, 0.1) is 11.6 Å². The normalized spacial score (nSPS) is 27.6. The van der Waals surface area contributed by atoms with E-state index in [2.05, 4.69) is 12.7 Å². The van der Waals surface area contributed by atoms with E-state index in [4.69, 9.17) is 16.3 Å². The molecule has 0 unspecified atom stereocenters. The minimum absolute atomic E-state index is 0.248. The quantitative estimate of drug-likeness (QED) is 0.364. The molecule has 0 radical (unpaired) electrons. The second-order valence-corrected chi connectivity index (χ2v) is 9.63. The Labute approximate surface area is 182 Å². The Morgan fingerprint density at radius 2 is 1.59 bits per heavy atom. The Morgan fingerprint density at radius 1 is 1.00 bits per heavy atom. The lowest BCUT2D eigenvalue weighted by atomic mass is 9.68. The fourth-order valence-electron chi connectivity index (χ4n) is 5.64. The van der Waals surface area contributed by atoms with Gasteiger partial charge in [-0.2, -0.15) is 0 Å². The van der Waals surface area contributed by atoms with Crippen molar-refractivity contribution in [3.05, 3.63) is 41.2 Å². The minimum atomic E-state index is -0.404. The molecule has 0 N–H and O–H groups in total. The maximum Gasteiger partial charge on any atom is 0.183 e. The van der Waals surface area contributed by atoms with E-state index in [0.29, 0.717) is 6.61 Å². The fraction of sp³-hybridized carbons (Fsp3) is 0.692. The van der Waals surface area contributed by atoms with Gasteiger partial charge in [-0.1, -0.05) is 49.4 Å². The Kier molecular flexibility index (Phi) is 8.90. The van der Waals surface area contributed by atoms with Crippen molar-refractivity contribution in [3.63, 3.8) is 0 Å². The molecule has 3 heteroatoms. The number of halogens is 2.